The van der Waals surface area contributed by atoms with E-state index in [9.17, 15) is 9.90 Å². The minimum Gasteiger partial charge on any atom is -0.478 e. The van der Waals surface area contributed by atoms with E-state index in [0.29, 0.717) is 64.6 Å². The molecule has 2 saturated carbocycles. The van der Waals surface area contributed by atoms with Crippen LogP contribution in [0.2, 0.25) is 10.0 Å². The minimum absolute atomic E-state index is 0.127. The molecule has 0 unspecified atom stereocenters. The SMILES string of the molecule is O=C(O)c1cc([C@@H]2CCOC2)c2nc(N3C[C@@H]4C[C@H]3C[C@H]4OCc3c(-c4c(Cl)cccc4Cl)noc3C3CC3)sc2c1. The average molecular weight is 627 g/mol. The van der Waals surface area contributed by atoms with Crippen molar-refractivity contribution >= 4 is 55.9 Å². The highest BCUT2D eigenvalue weighted by Crippen LogP contribution is 2.48. The second-order valence-corrected chi connectivity index (χ2v) is 13.7. The number of ether oxygens (including phenoxy) is 2. The number of fused-ring (bicyclic) bond motifs is 3. The summed E-state index contributed by atoms with van der Waals surface area (Å²) in [5.74, 6) is 0.922. The maximum atomic E-state index is 11.9. The van der Waals surface area contributed by atoms with Gasteiger partial charge in [-0.25, -0.2) is 9.78 Å². The van der Waals surface area contributed by atoms with Gasteiger partial charge in [0.05, 0.1) is 45.1 Å². The van der Waals surface area contributed by atoms with Gasteiger partial charge in [0.25, 0.3) is 0 Å². The smallest absolute Gasteiger partial charge is 0.335 e. The fraction of sp³-hybridized carbons (Fsp3) is 0.452. The van der Waals surface area contributed by atoms with Crippen molar-refractivity contribution < 1.29 is 23.9 Å². The molecule has 8 nitrogen and oxygen atoms in total. The van der Waals surface area contributed by atoms with Crippen LogP contribution in [0, 0.1) is 5.92 Å². The maximum absolute atomic E-state index is 11.9. The lowest BCUT2D eigenvalue weighted by atomic mass is 9.95. The molecular formula is C31H29Cl2N3O5S. The van der Waals surface area contributed by atoms with Gasteiger partial charge in [-0.1, -0.05) is 45.8 Å². The van der Waals surface area contributed by atoms with Gasteiger partial charge < -0.3 is 24.0 Å². The number of hydrogen-bond acceptors (Lipinski definition) is 8. The predicted molar refractivity (Wildman–Crippen MR) is 161 cm³/mol. The van der Waals surface area contributed by atoms with Crippen LogP contribution in [0.5, 0.6) is 0 Å². The Morgan fingerprint density at radius 1 is 1.14 bits per heavy atom. The lowest BCUT2D eigenvalue weighted by Crippen LogP contribution is -2.38. The van der Waals surface area contributed by atoms with Crippen LogP contribution in [0.4, 0.5) is 5.13 Å². The lowest BCUT2D eigenvalue weighted by Gasteiger charge is -2.31. The highest BCUT2D eigenvalue weighted by atomic mass is 35.5. The molecule has 4 atom stereocenters. The molecule has 0 amide bonds. The van der Waals surface area contributed by atoms with Crippen molar-refractivity contribution in [2.75, 3.05) is 24.7 Å². The standard InChI is InChI=1S/C31H29Cl2N3O5S/c32-22-2-1-3-23(33)26(22)28-21(29(41-35-28)15-4-5-15)14-40-24-11-19-8-18(24)12-36(19)31-34-27-20(16-6-7-39-13-16)9-17(30(37)38)10-25(27)42-31/h1-3,9-10,15-16,18-19,24H,4-8,11-14H2,(H,37,38)/t16-,18+,19+,24-/m1/s1. The summed E-state index contributed by atoms with van der Waals surface area (Å²) < 4.78 is 19.0. The van der Waals surface area contributed by atoms with Crippen molar-refractivity contribution in [2.24, 2.45) is 5.92 Å². The third kappa shape index (κ3) is 4.61. The van der Waals surface area contributed by atoms with Gasteiger partial charge in [-0.15, -0.1) is 0 Å². The number of benzene rings is 2. The Kier molecular flexibility index (Phi) is 6.72. The van der Waals surface area contributed by atoms with Crippen LogP contribution in [-0.2, 0) is 16.1 Å². The zero-order valence-electron chi connectivity index (χ0n) is 22.7. The monoisotopic (exact) mass is 625 g/mol. The fourth-order valence-corrected chi connectivity index (χ4v) is 8.66. The average Bonchev–Trinajstić information content (AvgIpc) is 3.49. The molecule has 2 aliphatic heterocycles. The largest absolute Gasteiger partial charge is 0.478 e. The van der Waals surface area contributed by atoms with E-state index in [1.807, 2.05) is 18.2 Å². The van der Waals surface area contributed by atoms with E-state index < -0.39 is 5.97 Å². The number of carbonyl (C=O) groups is 1. The highest BCUT2D eigenvalue weighted by Gasteiger charge is 2.47. The van der Waals surface area contributed by atoms with E-state index in [1.54, 1.807) is 23.5 Å². The van der Waals surface area contributed by atoms with Gasteiger partial charge in [-0.3, -0.25) is 0 Å². The summed E-state index contributed by atoms with van der Waals surface area (Å²) in [4.78, 5) is 19.3. The number of piperidine rings is 1. The molecule has 4 aromatic rings. The topological polar surface area (TPSA) is 97.9 Å². The normalized spacial score (nSPS) is 25.2. The number of thiazole rings is 1. The van der Waals surface area contributed by atoms with E-state index in [-0.39, 0.29) is 12.0 Å². The minimum atomic E-state index is -0.912. The van der Waals surface area contributed by atoms with Crippen molar-refractivity contribution in [1.82, 2.24) is 10.1 Å². The number of carboxylic acids is 1. The third-order valence-corrected chi connectivity index (χ3v) is 10.9. The van der Waals surface area contributed by atoms with Crippen LogP contribution in [0.3, 0.4) is 0 Å². The van der Waals surface area contributed by atoms with Crippen molar-refractivity contribution in [3.8, 4) is 11.3 Å². The summed E-state index contributed by atoms with van der Waals surface area (Å²) in [6, 6.07) is 9.35. The second kappa shape index (κ2) is 10.5. The maximum Gasteiger partial charge on any atom is 0.335 e. The quantitative estimate of drug-likeness (QED) is 0.215. The first-order valence-corrected chi connectivity index (χ1v) is 16.1. The Labute approximate surface area is 256 Å². The number of anilines is 1. The lowest BCUT2D eigenvalue weighted by molar-refractivity contribution is 0.0122. The Bertz CT molecular complexity index is 1670. The Morgan fingerprint density at radius 2 is 1.98 bits per heavy atom. The zero-order valence-corrected chi connectivity index (χ0v) is 25.1. The van der Waals surface area contributed by atoms with E-state index in [1.165, 1.54) is 0 Å². The molecule has 0 radical (unpaired) electrons. The number of nitrogens with zero attached hydrogens (tertiary/aromatic N) is 3. The molecule has 4 aliphatic rings. The summed E-state index contributed by atoms with van der Waals surface area (Å²) in [7, 11) is 0. The molecule has 4 heterocycles. The van der Waals surface area contributed by atoms with Gasteiger partial charge >= 0.3 is 5.97 Å². The number of aromatic nitrogens is 2. The Morgan fingerprint density at radius 3 is 2.67 bits per heavy atom. The predicted octanol–water partition coefficient (Wildman–Crippen LogP) is 7.52. The molecule has 218 valence electrons. The fourth-order valence-electron chi connectivity index (χ4n) is 6.96. The van der Waals surface area contributed by atoms with Crippen molar-refractivity contribution in [2.45, 2.75) is 62.7 Å². The van der Waals surface area contributed by atoms with E-state index in [0.717, 1.165) is 70.9 Å². The molecule has 11 heteroatoms. The Balaban J connectivity index is 1.02. The van der Waals surface area contributed by atoms with E-state index in [2.05, 4.69) is 10.1 Å². The van der Waals surface area contributed by atoms with Crippen molar-refractivity contribution in [3.05, 3.63) is 62.8 Å². The number of halogens is 2. The Hall–Kier alpha value is -2.69. The molecule has 4 fully saturated rings. The van der Waals surface area contributed by atoms with Gasteiger partial charge in [0.15, 0.2) is 5.13 Å². The van der Waals surface area contributed by atoms with Crippen LogP contribution in [0.25, 0.3) is 21.5 Å². The molecule has 2 aliphatic carbocycles. The van der Waals surface area contributed by atoms with Gasteiger partial charge in [-0.05, 0) is 61.9 Å². The van der Waals surface area contributed by atoms with Crippen LogP contribution in [-0.4, -0.2) is 53.1 Å². The highest BCUT2D eigenvalue weighted by molar-refractivity contribution is 7.22. The van der Waals surface area contributed by atoms with Crippen LogP contribution in [0.15, 0.2) is 34.9 Å². The molecule has 2 saturated heterocycles. The van der Waals surface area contributed by atoms with Crippen LogP contribution < -0.4 is 4.90 Å². The number of rotatable bonds is 8. The zero-order chi connectivity index (χ0) is 28.5. The molecule has 42 heavy (non-hydrogen) atoms. The molecule has 2 bridgehead atoms. The molecule has 1 N–H and O–H groups in total. The molecule has 0 spiro atoms. The molecule has 8 rings (SSSR count). The van der Waals surface area contributed by atoms with Gasteiger partial charge in [0, 0.05) is 48.1 Å². The van der Waals surface area contributed by atoms with Crippen molar-refractivity contribution in [3.63, 3.8) is 0 Å². The van der Waals surface area contributed by atoms with Gasteiger partial charge in [-0.2, -0.15) is 0 Å². The summed E-state index contributed by atoms with van der Waals surface area (Å²) in [6.07, 6.45) is 5.15. The summed E-state index contributed by atoms with van der Waals surface area (Å²) in [6.45, 7) is 2.58. The summed E-state index contributed by atoms with van der Waals surface area (Å²) in [5.41, 5.74) is 4.54. The first-order valence-electron chi connectivity index (χ1n) is 14.5. The number of carboxylic acid groups (broad SMARTS) is 1. The first kappa shape index (κ1) is 26.9. The molecule has 2 aromatic carbocycles. The number of hydrogen-bond donors (Lipinski definition) is 1. The molecular weight excluding hydrogens is 597 g/mol. The molecule has 2 aromatic heterocycles. The first-order chi connectivity index (χ1) is 20.4. The summed E-state index contributed by atoms with van der Waals surface area (Å²) >= 11 is 14.7. The van der Waals surface area contributed by atoms with E-state index >= 15 is 0 Å². The van der Waals surface area contributed by atoms with Crippen LogP contribution in [0.1, 0.15) is 71.2 Å². The van der Waals surface area contributed by atoms with Crippen LogP contribution >= 0.6 is 34.5 Å². The third-order valence-electron chi connectivity index (χ3n) is 9.26. The second-order valence-electron chi connectivity index (χ2n) is 11.9. The van der Waals surface area contributed by atoms with Gasteiger partial charge in [0.2, 0.25) is 0 Å². The summed E-state index contributed by atoms with van der Waals surface area (Å²) in [5, 5.41) is 16.2. The van der Waals surface area contributed by atoms with Crippen molar-refractivity contribution in [1.29, 1.82) is 0 Å². The number of aromatic carboxylic acids is 1. The van der Waals surface area contributed by atoms with Gasteiger partial charge in [0.1, 0.15) is 11.5 Å². The van der Waals surface area contributed by atoms with E-state index in [4.69, 9.17) is 42.2 Å².